The third-order valence-corrected chi connectivity index (χ3v) is 4.20. The number of halogens is 3. The van der Waals surface area contributed by atoms with Crippen LogP contribution in [0.1, 0.15) is 22.8 Å². The van der Waals surface area contributed by atoms with E-state index in [1.54, 1.807) is 32.0 Å². The van der Waals surface area contributed by atoms with Crippen molar-refractivity contribution in [1.82, 2.24) is 25.0 Å². The molecule has 0 aliphatic carbocycles. The Morgan fingerprint density at radius 3 is 2.64 bits per heavy atom. The molecule has 3 aromatic rings. The summed E-state index contributed by atoms with van der Waals surface area (Å²) in [7, 11) is 0. The molecule has 1 amide bonds. The lowest BCUT2D eigenvalue weighted by molar-refractivity contribution is -0.142. The zero-order chi connectivity index (χ0) is 20.5. The molecular weight excluding hydrogens is 373 g/mol. The van der Waals surface area contributed by atoms with Crippen LogP contribution in [0.25, 0.3) is 11.4 Å². The first-order valence-corrected chi connectivity index (χ1v) is 8.51. The Balaban J connectivity index is 1.73. The molecule has 0 aliphatic rings. The van der Waals surface area contributed by atoms with E-state index < -0.39 is 12.7 Å². The smallest absolute Gasteiger partial charge is 0.326 e. The van der Waals surface area contributed by atoms with Crippen LogP contribution < -0.4 is 5.32 Å². The van der Waals surface area contributed by atoms with Gasteiger partial charge in [0.25, 0.3) is 0 Å². The van der Waals surface area contributed by atoms with E-state index in [9.17, 15) is 18.0 Å². The van der Waals surface area contributed by atoms with Gasteiger partial charge in [-0.15, -0.1) is 0 Å². The number of H-pyrrole nitrogens is 1. The van der Waals surface area contributed by atoms with Crippen molar-refractivity contribution in [3.63, 3.8) is 0 Å². The summed E-state index contributed by atoms with van der Waals surface area (Å²) in [5, 5.41) is 13.5. The average Bonchev–Trinajstić information content (AvgIpc) is 3.13. The number of carbonyl (C=O) groups excluding carboxylic acids is 1. The van der Waals surface area contributed by atoms with Crippen molar-refractivity contribution in [2.75, 3.05) is 5.32 Å². The fourth-order valence-electron chi connectivity index (χ4n) is 2.89. The normalized spacial score (nSPS) is 11.6. The van der Waals surface area contributed by atoms with E-state index in [1.165, 1.54) is 6.92 Å². The maximum atomic E-state index is 12.6. The molecule has 2 N–H and O–H groups in total. The van der Waals surface area contributed by atoms with E-state index in [-0.39, 0.29) is 12.3 Å². The quantitative estimate of drug-likeness (QED) is 0.697. The van der Waals surface area contributed by atoms with Crippen molar-refractivity contribution in [3.8, 4) is 11.4 Å². The third kappa shape index (κ3) is 4.56. The number of aromatic amines is 1. The van der Waals surface area contributed by atoms with E-state index in [0.717, 1.165) is 10.2 Å². The number of aryl methyl sites for hydroxylation is 2. The Labute approximate surface area is 159 Å². The van der Waals surface area contributed by atoms with E-state index in [2.05, 4.69) is 25.6 Å². The number of aromatic nitrogens is 5. The molecule has 3 rings (SSSR count). The number of amides is 1. The Hall–Kier alpha value is -3.17. The summed E-state index contributed by atoms with van der Waals surface area (Å²) in [6.45, 7) is 3.72. The second-order valence-corrected chi connectivity index (χ2v) is 6.47. The monoisotopic (exact) mass is 392 g/mol. The highest BCUT2D eigenvalue weighted by atomic mass is 19.4. The number of benzene rings is 1. The lowest BCUT2D eigenvalue weighted by atomic mass is 10.1. The molecule has 28 heavy (non-hydrogen) atoms. The molecule has 2 heterocycles. The number of hydrogen-bond donors (Lipinski definition) is 2. The first-order chi connectivity index (χ1) is 13.1. The van der Waals surface area contributed by atoms with E-state index in [4.69, 9.17) is 0 Å². The molecule has 0 spiro atoms. The van der Waals surface area contributed by atoms with Crippen LogP contribution in [0.4, 0.5) is 18.9 Å². The van der Waals surface area contributed by atoms with Crippen LogP contribution in [0.3, 0.4) is 0 Å². The molecule has 0 fully saturated rings. The van der Waals surface area contributed by atoms with Gasteiger partial charge in [0, 0.05) is 22.5 Å². The molecule has 7 nitrogen and oxygen atoms in total. The molecule has 0 bridgehead atoms. The SMILES string of the molecule is Cc1nc(-c2cccc(NC(=O)Cc3c(C)nn(CC(F)(F)F)c3C)c2)n[nH]1. The standard InChI is InChI=1S/C18H19F3N6O/c1-10-15(11(2)27(26-10)9-18(19,20)21)8-16(28)23-14-6-4-5-13(7-14)17-22-12(3)24-25-17/h4-7H,8-9H2,1-3H3,(H,23,28)(H,22,24,25). The molecule has 2 aromatic heterocycles. The minimum absolute atomic E-state index is 0.0699. The number of anilines is 1. The van der Waals surface area contributed by atoms with Gasteiger partial charge in [-0.2, -0.15) is 23.4 Å². The topological polar surface area (TPSA) is 88.5 Å². The minimum Gasteiger partial charge on any atom is -0.326 e. The highest BCUT2D eigenvalue weighted by Crippen LogP contribution is 2.22. The van der Waals surface area contributed by atoms with Gasteiger partial charge in [0.1, 0.15) is 12.4 Å². The summed E-state index contributed by atoms with van der Waals surface area (Å²) in [4.78, 5) is 16.7. The second kappa shape index (κ2) is 7.45. The molecule has 0 aliphatic heterocycles. The number of nitrogens with one attached hydrogen (secondary N) is 2. The Kier molecular flexibility index (Phi) is 5.21. The summed E-state index contributed by atoms with van der Waals surface area (Å²) in [6, 6.07) is 7.02. The van der Waals surface area contributed by atoms with Gasteiger partial charge < -0.3 is 5.32 Å². The number of hydrogen-bond acceptors (Lipinski definition) is 4. The number of rotatable bonds is 5. The molecule has 10 heteroatoms. The summed E-state index contributed by atoms with van der Waals surface area (Å²) in [5.74, 6) is 0.834. The van der Waals surface area contributed by atoms with Gasteiger partial charge in [0.15, 0.2) is 5.82 Å². The van der Waals surface area contributed by atoms with Gasteiger partial charge in [-0.25, -0.2) is 4.98 Å². The average molecular weight is 392 g/mol. The zero-order valence-electron chi connectivity index (χ0n) is 15.6. The van der Waals surface area contributed by atoms with Gasteiger partial charge in [-0.1, -0.05) is 12.1 Å². The van der Waals surface area contributed by atoms with Gasteiger partial charge in [0.05, 0.1) is 12.1 Å². The van der Waals surface area contributed by atoms with Crippen LogP contribution in [0.5, 0.6) is 0 Å². The number of carbonyl (C=O) groups is 1. The first-order valence-electron chi connectivity index (χ1n) is 8.51. The van der Waals surface area contributed by atoms with Crippen molar-refractivity contribution in [2.24, 2.45) is 0 Å². The predicted octanol–water partition coefficient (Wildman–Crippen LogP) is 3.34. The molecule has 148 valence electrons. The minimum atomic E-state index is -4.37. The van der Waals surface area contributed by atoms with Gasteiger partial charge in [-0.05, 0) is 32.9 Å². The maximum Gasteiger partial charge on any atom is 0.408 e. The fourth-order valence-corrected chi connectivity index (χ4v) is 2.89. The van der Waals surface area contributed by atoms with Crippen LogP contribution in [-0.4, -0.2) is 37.0 Å². The van der Waals surface area contributed by atoms with Crippen molar-refractivity contribution in [1.29, 1.82) is 0 Å². The highest BCUT2D eigenvalue weighted by Gasteiger charge is 2.30. The molecule has 0 unspecified atom stereocenters. The molecule has 0 saturated heterocycles. The van der Waals surface area contributed by atoms with Gasteiger partial charge in [-0.3, -0.25) is 14.6 Å². The van der Waals surface area contributed by atoms with E-state index >= 15 is 0 Å². The summed E-state index contributed by atoms with van der Waals surface area (Å²) in [5.41, 5.74) is 2.50. The largest absolute Gasteiger partial charge is 0.408 e. The maximum absolute atomic E-state index is 12.6. The van der Waals surface area contributed by atoms with Crippen molar-refractivity contribution >= 4 is 11.6 Å². The fraction of sp³-hybridized carbons (Fsp3) is 0.333. The van der Waals surface area contributed by atoms with Crippen molar-refractivity contribution in [2.45, 2.75) is 39.9 Å². The summed E-state index contributed by atoms with van der Waals surface area (Å²) in [6.07, 6.45) is -4.44. The Morgan fingerprint density at radius 1 is 1.25 bits per heavy atom. The Morgan fingerprint density at radius 2 is 2.00 bits per heavy atom. The van der Waals surface area contributed by atoms with E-state index in [1.807, 2.05) is 6.07 Å². The van der Waals surface area contributed by atoms with Crippen LogP contribution in [0.15, 0.2) is 24.3 Å². The number of nitrogens with zero attached hydrogens (tertiary/aromatic N) is 4. The summed E-state index contributed by atoms with van der Waals surface area (Å²) >= 11 is 0. The van der Waals surface area contributed by atoms with Gasteiger partial charge >= 0.3 is 6.18 Å². The van der Waals surface area contributed by atoms with E-state index in [0.29, 0.717) is 34.3 Å². The Bertz CT molecular complexity index is 1010. The summed E-state index contributed by atoms with van der Waals surface area (Å²) < 4.78 is 38.8. The van der Waals surface area contributed by atoms with Crippen LogP contribution in [0, 0.1) is 20.8 Å². The first kappa shape index (κ1) is 19.6. The molecule has 1 aromatic carbocycles. The van der Waals surface area contributed by atoms with Crippen LogP contribution >= 0.6 is 0 Å². The molecule has 0 atom stereocenters. The zero-order valence-corrected chi connectivity index (χ0v) is 15.6. The molecule has 0 radical (unpaired) electrons. The molecule has 0 saturated carbocycles. The lowest BCUT2D eigenvalue weighted by Crippen LogP contribution is -2.20. The number of alkyl halides is 3. The lowest BCUT2D eigenvalue weighted by Gasteiger charge is -2.09. The van der Waals surface area contributed by atoms with Crippen molar-refractivity contribution in [3.05, 3.63) is 47.0 Å². The highest BCUT2D eigenvalue weighted by molar-refractivity contribution is 5.93. The predicted molar refractivity (Wildman–Crippen MR) is 96.6 cm³/mol. The van der Waals surface area contributed by atoms with Crippen LogP contribution in [0.2, 0.25) is 0 Å². The van der Waals surface area contributed by atoms with Crippen LogP contribution in [-0.2, 0) is 17.8 Å². The third-order valence-electron chi connectivity index (χ3n) is 4.20. The second-order valence-electron chi connectivity index (χ2n) is 6.47. The van der Waals surface area contributed by atoms with Crippen molar-refractivity contribution < 1.29 is 18.0 Å². The van der Waals surface area contributed by atoms with Gasteiger partial charge in [0.2, 0.25) is 5.91 Å². The molecular formula is C18H19F3N6O.